The van der Waals surface area contributed by atoms with Gasteiger partial charge in [0.2, 0.25) is 0 Å². The fraction of sp³-hybridized carbons (Fsp3) is 0.611. The molecule has 116 valence electrons. The summed E-state index contributed by atoms with van der Waals surface area (Å²) in [6.07, 6.45) is 6.20. The van der Waals surface area contributed by atoms with Crippen LogP contribution in [0.3, 0.4) is 0 Å². The highest BCUT2D eigenvalue weighted by Crippen LogP contribution is 2.35. The van der Waals surface area contributed by atoms with Gasteiger partial charge in [-0.1, -0.05) is 45.7 Å². The van der Waals surface area contributed by atoms with Crippen molar-refractivity contribution >= 4 is 21.6 Å². The van der Waals surface area contributed by atoms with Crippen LogP contribution in [0.25, 0.3) is 10.2 Å². The number of rotatable bonds is 9. The first kappa shape index (κ1) is 16.4. The topological polar surface area (TPSA) is 24.9 Å². The highest BCUT2D eigenvalue weighted by Gasteiger charge is 2.28. The minimum absolute atomic E-state index is 0.361. The summed E-state index contributed by atoms with van der Waals surface area (Å²) in [4.78, 5) is 4.85. The molecule has 0 saturated carbocycles. The van der Waals surface area contributed by atoms with Gasteiger partial charge in [0.1, 0.15) is 0 Å². The molecular weight excluding hydrogens is 276 g/mol. The van der Waals surface area contributed by atoms with Gasteiger partial charge in [-0.2, -0.15) is 0 Å². The summed E-state index contributed by atoms with van der Waals surface area (Å²) in [5, 5.41) is 4.88. The molecule has 0 aliphatic carbocycles. The largest absolute Gasteiger partial charge is 0.316 e. The zero-order valence-corrected chi connectivity index (χ0v) is 14.4. The standard InChI is InChI=1S/C18H28N2S/c1-4-7-12-18(5-2,14-19-6-3)13-17-20-15-10-8-9-11-16(15)21-17/h8-11,19H,4-7,12-14H2,1-3H3. The molecule has 1 unspecified atom stereocenters. The number of aromatic nitrogens is 1. The summed E-state index contributed by atoms with van der Waals surface area (Å²) in [5.74, 6) is 0. The van der Waals surface area contributed by atoms with Crippen molar-refractivity contribution in [3.63, 3.8) is 0 Å². The molecule has 0 bridgehead atoms. The number of hydrogen-bond donors (Lipinski definition) is 1. The summed E-state index contributed by atoms with van der Waals surface area (Å²) in [7, 11) is 0. The number of nitrogens with zero attached hydrogens (tertiary/aromatic N) is 1. The summed E-state index contributed by atoms with van der Waals surface area (Å²) >= 11 is 1.87. The highest BCUT2D eigenvalue weighted by molar-refractivity contribution is 7.18. The first-order valence-corrected chi connectivity index (χ1v) is 9.10. The molecule has 1 N–H and O–H groups in total. The molecule has 1 heterocycles. The average molecular weight is 305 g/mol. The highest BCUT2D eigenvalue weighted by atomic mass is 32.1. The molecule has 1 aromatic heterocycles. The van der Waals surface area contributed by atoms with Crippen LogP contribution >= 0.6 is 11.3 Å². The van der Waals surface area contributed by atoms with E-state index >= 15 is 0 Å². The molecule has 1 atom stereocenters. The van der Waals surface area contributed by atoms with Crippen LogP contribution in [-0.4, -0.2) is 18.1 Å². The van der Waals surface area contributed by atoms with E-state index in [0.29, 0.717) is 5.41 Å². The number of hydrogen-bond acceptors (Lipinski definition) is 3. The van der Waals surface area contributed by atoms with Gasteiger partial charge in [-0.3, -0.25) is 0 Å². The molecular formula is C18H28N2S. The Bertz CT molecular complexity index is 506. The summed E-state index contributed by atoms with van der Waals surface area (Å²) < 4.78 is 1.32. The Morgan fingerprint density at radius 3 is 2.67 bits per heavy atom. The van der Waals surface area contributed by atoms with Crippen molar-refractivity contribution in [1.29, 1.82) is 0 Å². The van der Waals surface area contributed by atoms with Crippen LogP contribution < -0.4 is 5.32 Å². The van der Waals surface area contributed by atoms with E-state index < -0.39 is 0 Å². The minimum atomic E-state index is 0.361. The Balaban J connectivity index is 2.19. The second kappa shape index (κ2) is 7.90. The maximum atomic E-state index is 4.85. The lowest BCUT2D eigenvalue weighted by Crippen LogP contribution is -2.35. The van der Waals surface area contributed by atoms with E-state index in [-0.39, 0.29) is 0 Å². The van der Waals surface area contributed by atoms with Crippen molar-refractivity contribution in [2.75, 3.05) is 13.1 Å². The van der Waals surface area contributed by atoms with E-state index in [1.54, 1.807) is 0 Å². The van der Waals surface area contributed by atoms with E-state index in [1.807, 2.05) is 11.3 Å². The number of benzene rings is 1. The van der Waals surface area contributed by atoms with Crippen LogP contribution in [-0.2, 0) is 6.42 Å². The normalized spacial score (nSPS) is 14.4. The van der Waals surface area contributed by atoms with Crippen molar-refractivity contribution in [3.05, 3.63) is 29.3 Å². The third-order valence-electron chi connectivity index (χ3n) is 4.43. The first-order chi connectivity index (χ1) is 10.2. The van der Waals surface area contributed by atoms with E-state index in [4.69, 9.17) is 4.98 Å². The van der Waals surface area contributed by atoms with Crippen molar-refractivity contribution in [2.45, 2.75) is 52.9 Å². The van der Waals surface area contributed by atoms with E-state index in [9.17, 15) is 0 Å². The van der Waals surface area contributed by atoms with E-state index in [2.05, 4.69) is 50.4 Å². The van der Waals surface area contributed by atoms with Crippen molar-refractivity contribution in [3.8, 4) is 0 Å². The quantitative estimate of drug-likeness (QED) is 0.702. The molecule has 0 spiro atoms. The van der Waals surface area contributed by atoms with Crippen LogP contribution in [0.1, 0.15) is 51.5 Å². The molecule has 0 radical (unpaired) electrons. The van der Waals surface area contributed by atoms with Crippen molar-refractivity contribution in [2.24, 2.45) is 5.41 Å². The minimum Gasteiger partial charge on any atom is -0.316 e. The molecule has 21 heavy (non-hydrogen) atoms. The fourth-order valence-electron chi connectivity index (χ4n) is 2.92. The number of nitrogens with one attached hydrogen (secondary N) is 1. The van der Waals surface area contributed by atoms with Crippen molar-refractivity contribution in [1.82, 2.24) is 10.3 Å². The van der Waals surface area contributed by atoms with Crippen molar-refractivity contribution < 1.29 is 0 Å². The monoisotopic (exact) mass is 304 g/mol. The summed E-state index contributed by atoms with van der Waals surface area (Å²) in [5.41, 5.74) is 1.52. The number of fused-ring (bicyclic) bond motifs is 1. The Morgan fingerprint density at radius 1 is 1.19 bits per heavy atom. The third kappa shape index (κ3) is 4.27. The lowest BCUT2D eigenvalue weighted by Gasteiger charge is -2.32. The van der Waals surface area contributed by atoms with Gasteiger partial charge in [0.25, 0.3) is 0 Å². The molecule has 1 aromatic carbocycles. The number of para-hydroxylation sites is 1. The number of thiazole rings is 1. The second-order valence-electron chi connectivity index (χ2n) is 5.99. The van der Waals surface area contributed by atoms with Crippen LogP contribution in [0.15, 0.2) is 24.3 Å². The third-order valence-corrected chi connectivity index (χ3v) is 5.46. The summed E-state index contributed by atoms with van der Waals surface area (Å²) in [6.45, 7) is 8.97. The smallest absolute Gasteiger partial charge is 0.0944 e. The Morgan fingerprint density at radius 2 is 2.00 bits per heavy atom. The van der Waals surface area contributed by atoms with Gasteiger partial charge < -0.3 is 5.32 Å². The van der Waals surface area contributed by atoms with E-state index in [1.165, 1.54) is 35.4 Å². The Hall–Kier alpha value is -0.930. The maximum absolute atomic E-state index is 4.85. The Kier molecular flexibility index (Phi) is 6.19. The van der Waals surface area contributed by atoms with Gasteiger partial charge in [0.05, 0.1) is 15.2 Å². The zero-order valence-electron chi connectivity index (χ0n) is 13.6. The SMILES string of the molecule is CCCCC(CC)(CNCC)Cc1nc2ccccc2s1. The molecule has 0 aliphatic rings. The van der Waals surface area contributed by atoms with Gasteiger partial charge in [-0.25, -0.2) is 4.98 Å². The molecule has 0 saturated heterocycles. The molecule has 2 aromatic rings. The predicted octanol–water partition coefficient (Wildman–Crippen LogP) is 5.03. The predicted molar refractivity (Wildman–Crippen MR) is 94.1 cm³/mol. The molecule has 0 amide bonds. The number of unbranched alkanes of at least 4 members (excludes halogenated alkanes) is 1. The van der Waals surface area contributed by atoms with Gasteiger partial charge >= 0.3 is 0 Å². The van der Waals surface area contributed by atoms with Crippen LogP contribution in [0.5, 0.6) is 0 Å². The molecule has 0 fully saturated rings. The zero-order chi connectivity index (χ0) is 15.1. The lowest BCUT2D eigenvalue weighted by molar-refractivity contribution is 0.230. The van der Waals surface area contributed by atoms with Gasteiger partial charge in [-0.15, -0.1) is 11.3 Å². The Labute approximate surface area is 133 Å². The summed E-state index contributed by atoms with van der Waals surface area (Å²) in [6, 6.07) is 8.49. The molecule has 3 heteroatoms. The van der Waals surface area contributed by atoms with Crippen LogP contribution in [0, 0.1) is 5.41 Å². The second-order valence-corrected chi connectivity index (χ2v) is 7.10. The van der Waals surface area contributed by atoms with Gasteiger partial charge in [0.15, 0.2) is 0 Å². The van der Waals surface area contributed by atoms with Gasteiger partial charge in [-0.05, 0) is 36.9 Å². The van der Waals surface area contributed by atoms with E-state index in [0.717, 1.165) is 25.0 Å². The average Bonchev–Trinajstić information content (AvgIpc) is 2.92. The van der Waals surface area contributed by atoms with Crippen LogP contribution in [0.2, 0.25) is 0 Å². The molecule has 2 nitrogen and oxygen atoms in total. The molecule has 0 aliphatic heterocycles. The maximum Gasteiger partial charge on any atom is 0.0944 e. The lowest BCUT2D eigenvalue weighted by atomic mass is 9.77. The van der Waals surface area contributed by atoms with Crippen LogP contribution in [0.4, 0.5) is 0 Å². The van der Waals surface area contributed by atoms with Gasteiger partial charge in [0, 0.05) is 13.0 Å². The first-order valence-electron chi connectivity index (χ1n) is 8.28. The molecule has 2 rings (SSSR count). The fourth-order valence-corrected chi connectivity index (χ4v) is 4.07.